The molecule has 1 atom stereocenters. The second-order valence-corrected chi connectivity index (χ2v) is 30.0. The Hall–Kier alpha value is -5.93. The Morgan fingerprint density at radius 3 is 1.31 bits per heavy atom. The summed E-state index contributed by atoms with van der Waals surface area (Å²) in [5, 5.41) is 27.5. The van der Waals surface area contributed by atoms with Crippen molar-refractivity contribution in [3.05, 3.63) is 86.3 Å². The zero-order valence-electron chi connectivity index (χ0n) is 47.7. The monoisotopic (exact) mass is 1340 g/mol. The lowest BCUT2D eigenvalue weighted by Crippen LogP contribution is -2.40. The van der Waals surface area contributed by atoms with Gasteiger partial charge in [0.1, 0.15) is 16.9 Å². The van der Waals surface area contributed by atoms with E-state index >= 15 is 0 Å². The molecule has 4 aliphatic rings. The van der Waals surface area contributed by atoms with Gasteiger partial charge in [0.2, 0.25) is 47.9 Å². The third-order valence-electron chi connectivity index (χ3n) is 15.7. The Kier molecular flexibility index (Phi) is 17.4. The Labute approximate surface area is 521 Å². The summed E-state index contributed by atoms with van der Waals surface area (Å²) in [6.07, 6.45) is 21.5. The summed E-state index contributed by atoms with van der Waals surface area (Å²) >= 11 is 31.1. The molecular formula is C51H62Cl5N21O6S3. The van der Waals surface area contributed by atoms with E-state index in [1.165, 1.54) is 21.1 Å². The van der Waals surface area contributed by atoms with Gasteiger partial charge in [-0.15, -0.1) is 0 Å². The molecule has 3 N–H and O–H groups in total. The summed E-state index contributed by atoms with van der Waals surface area (Å²) in [6, 6.07) is 0.193. The van der Waals surface area contributed by atoms with Crippen LogP contribution in [-0.2, 0) is 51.2 Å². The van der Waals surface area contributed by atoms with E-state index < -0.39 is 30.1 Å². The number of anilines is 6. The number of sulfonamides is 3. The van der Waals surface area contributed by atoms with E-state index in [1.54, 1.807) is 46.2 Å². The minimum absolute atomic E-state index is 0.0668. The van der Waals surface area contributed by atoms with Crippen molar-refractivity contribution in [1.82, 2.24) is 85.9 Å². The SMILES string of the molecule is Cc1nn(C2CCN(S(C)(=O)=O)CC2)c(C)c1Nc1ncc2c(Cl)cn(C)c2n1.Cn1cc(Cl)c2cnc(Nc3cn(C4CCN(S(=O)(=O)C5CC5)CC4)nc3Cl)nc21.Cn1cc(Cl)c2cnc(Nc3cn([C@@H]4CCN(S(C)(=O)=O)C4)nc3Cl)nc21. The highest BCUT2D eigenvalue weighted by Gasteiger charge is 2.41. The van der Waals surface area contributed by atoms with E-state index in [-0.39, 0.29) is 28.5 Å². The maximum absolute atomic E-state index is 12.4. The third-order valence-corrected chi connectivity index (χ3v) is 22.2. The van der Waals surface area contributed by atoms with Crippen molar-refractivity contribution < 1.29 is 25.3 Å². The van der Waals surface area contributed by atoms with Crippen LogP contribution in [0.25, 0.3) is 33.1 Å². The third kappa shape index (κ3) is 13.0. The van der Waals surface area contributed by atoms with Crippen LogP contribution >= 0.6 is 58.0 Å². The lowest BCUT2D eigenvalue weighted by atomic mass is 10.1. The van der Waals surface area contributed by atoms with Crippen molar-refractivity contribution in [3.8, 4) is 0 Å². The molecule has 35 heteroatoms. The summed E-state index contributed by atoms with van der Waals surface area (Å²) in [4.78, 5) is 26.5. The molecule has 0 bridgehead atoms. The lowest BCUT2D eigenvalue weighted by molar-refractivity contribution is 0.259. The molecule has 0 aromatic carbocycles. The molecule has 86 heavy (non-hydrogen) atoms. The topological polar surface area (TPSA) is 294 Å². The van der Waals surface area contributed by atoms with Crippen LogP contribution in [0.3, 0.4) is 0 Å². The fourth-order valence-electron chi connectivity index (χ4n) is 10.9. The van der Waals surface area contributed by atoms with E-state index in [0.717, 1.165) is 64.6 Å². The van der Waals surface area contributed by atoms with E-state index in [2.05, 4.69) is 56.1 Å². The zero-order chi connectivity index (χ0) is 61.3. The van der Waals surface area contributed by atoms with Gasteiger partial charge in [-0.05, 0) is 58.8 Å². The fraction of sp³-hybridized carbons (Fsp3) is 0.471. The Bertz CT molecular complexity index is 4390. The summed E-state index contributed by atoms with van der Waals surface area (Å²) < 4.78 is 87.3. The molecule has 4 fully saturated rings. The summed E-state index contributed by atoms with van der Waals surface area (Å²) in [5.74, 6) is 1.24. The van der Waals surface area contributed by atoms with Crippen LogP contribution in [0.15, 0.2) is 49.6 Å². The number of rotatable bonds is 13. The first kappa shape index (κ1) is 61.7. The van der Waals surface area contributed by atoms with Crippen molar-refractivity contribution in [2.24, 2.45) is 21.1 Å². The standard InChI is InChI=1S/C18H21Cl2N7O2S.C18H24ClN7O2S.C15H17Cl2N7O2S/c1-25-9-14(19)13-8-21-18(23-17(13)25)22-15-10-27(24-16(15)20)11-4-6-26(7-5-11)30(28,29)12-2-3-12;1-11-16(21-18-20-9-14-15(19)10-24(3)17(14)22-18)12(2)26(23-11)13-5-7-25(8-6-13)29(4,27)28;1-22-7-11(16)10-5-18-15(20-14(10)22)19-12-8-24(21-13(12)17)9-3-4-23(6-9)27(2,25)26/h8-12H,2-7H2,1H3,(H,21,22,23);9-10,13H,5-8H2,1-4H3,(H,20,21,22);5,7-9H,3-4,6H2,1-2H3,(H,18,19,20)/t;;9-/m..1/s1. The predicted molar refractivity (Wildman–Crippen MR) is 333 cm³/mol. The van der Waals surface area contributed by atoms with Crippen molar-refractivity contribution in [3.63, 3.8) is 0 Å². The summed E-state index contributed by atoms with van der Waals surface area (Å²) in [5.41, 5.74) is 6.01. The molecule has 1 saturated carbocycles. The molecule has 0 amide bonds. The number of hydrogen-bond donors (Lipinski definition) is 3. The molecule has 3 saturated heterocycles. The van der Waals surface area contributed by atoms with Gasteiger partial charge in [0.25, 0.3) is 0 Å². The summed E-state index contributed by atoms with van der Waals surface area (Å²) in [7, 11) is -3.86. The predicted octanol–water partition coefficient (Wildman–Crippen LogP) is 8.54. The van der Waals surface area contributed by atoms with Gasteiger partial charge in [0, 0.05) is 97.6 Å². The first-order valence-electron chi connectivity index (χ1n) is 27.4. The minimum atomic E-state index is -3.21. The zero-order valence-corrected chi connectivity index (χ0v) is 54.0. The second-order valence-electron chi connectivity index (χ2n) is 21.9. The molecule has 13 rings (SSSR count). The summed E-state index contributed by atoms with van der Waals surface area (Å²) in [6.45, 7) is 6.84. The largest absolute Gasteiger partial charge is 0.334 e. The van der Waals surface area contributed by atoms with Crippen LogP contribution < -0.4 is 16.0 Å². The molecule has 0 spiro atoms. The van der Waals surface area contributed by atoms with Gasteiger partial charge in [0.15, 0.2) is 10.3 Å². The maximum Gasteiger partial charge on any atom is 0.229 e. The van der Waals surface area contributed by atoms with Crippen LogP contribution in [0.1, 0.15) is 74.5 Å². The minimum Gasteiger partial charge on any atom is -0.334 e. The van der Waals surface area contributed by atoms with E-state index in [4.69, 9.17) is 63.1 Å². The molecule has 3 aliphatic heterocycles. The number of nitrogens with zero attached hydrogens (tertiary/aromatic N) is 18. The number of aryl methyl sites for hydroxylation is 4. The first-order chi connectivity index (χ1) is 40.7. The van der Waals surface area contributed by atoms with Crippen LogP contribution in [0.4, 0.5) is 34.9 Å². The number of fused-ring (bicyclic) bond motifs is 3. The van der Waals surface area contributed by atoms with E-state index in [1.807, 2.05) is 70.4 Å². The van der Waals surface area contributed by atoms with Crippen molar-refractivity contribution in [1.29, 1.82) is 0 Å². The van der Waals surface area contributed by atoms with Gasteiger partial charge in [-0.2, -0.15) is 34.6 Å². The molecule has 9 aromatic rings. The normalized spacial score (nSPS) is 18.0. The van der Waals surface area contributed by atoms with Gasteiger partial charge in [-0.25, -0.2) is 48.8 Å². The van der Waals surface area contributed by atoms with Crippen LogP contribution in [0, 0.1) is 13.8 Å². The molecule has 0 radical (unpaired) electrons. The van der Waals surface area contributed by atoms with Gasteiger partial charge in [-0.3, -0.25) is 14.0 Å². The number of hydrogen-bond acceptors (Lipinski definition) is 18. The van der Waals surface area contributed by atoms with Crippen LogP contribution in [0.5, 0.6) is 0 Å². The smallest absolute Gasteiger partial charge is 0.229 e. The fourth-order valence-corrected chi connectivity index (χ4v) is 15.8. The van der Waals surface area contributed by atoms with E-state index in [9.17, 15) is 25.3 Å². The molecule has 1 aliphatic carbocycles. The van der Waals surface area contributed by atoms with Gasteiger partial charge < -0.3 is 29.7 Å². The Morgan fingerprint density at radius 2 is 0.884 bits per heavy atom. The van der Waals surface area contributed by atoms with Crippen LogP contribution in [0.2, 0.25) is 25.4 Å². The van der Waals surface area contributed by atoms with Gasteiger partial charge in [-0.1, -0.05) is 58.0 Å². The van der Waals surface area contributed by atoms with E-state index in [0.29, 0.717) is 119 Å². The quantitative estimate of drug-likeness (QED) is 0.0974. The van der Waals surface area contributed by atoms with Crippen molar-refractivity contribution in [2.75, 3.05) is 67.7 Å². The second kappa shape index (κ2) is 24.2. The maximum atomic E-state index is 12.4. The molecule has 12 heterocycles. The number of piperidine rings is 2. The van der Waals surface area contributed by atoms with Crippen molar-refractivity contribution in [2.45, 2.75) is 82.2 Å². The highest BCUT2D eigenvalue weighted by Crippen LogP contribution is 2.37. The van der Waals surface area contributed by atoms with Crippen molar-refractivity contribution >= 4 is 156 Å². The molecule has 27 nitrogen and oxygen atoms in total. The number of nitrogens with one attached hydrogen (secondary N) is 3. The Balaban J connectivity index is 0.000000134. The average molecular weight is 1340 g/mol. The highest BCUT2D eigenvalue weighted by molar-refractivity contribution is 7.90. The average Bonchev–Trinajstić information content (AvgIpc) is 3.70. The molecule has 460 valence electrons. The highest BCUT2D eigenvalue weighted by atomic mass is 35.5. The lowest BCUT2D eigenvalue weighted by Gasteiger charge is -2.31. The van der Waals surface area contributed by atoms with Gasteiger partial charge in [0.05, 0.1) is 108 Å². The molecule has 0 unspecified atom stereocenters. The number of halogens is 5. The molecule has 9 aromatic heterocycles. The Morgan fingerprint density at radius 1 is 0.488 bits per heavy atom. The number of aromatic nitrogens is 15. The van der Waals surface area contributed by atoms with Gasteiger partial charge >= 0.3 is 0 Å². The first-order valence-corrected chi connectivity index (χ1v) is 34.5. The molecular weight excluding hydrogens is 1280 g/mol. The van der Waals surface area contributed by atoms with Crippen LogP contribution in [-0.4, -0.2) is 168 Å².